The highest BCUT2D eigenvalue weighted by Crippen LogP contribution is 2.26. The average Bonchev–Trinajstić information content (AvgIpc) is 3.31. The van der Waals surface area contributed by atoms with Gasteiger partial charge >= 0.3 is 0 Å². The van der Waals surface area contributed by atoms with Crippen molar-refractivity contribution in [2.45, 2.75) is 31.3 Å². The minimum absolute atomic E-state index is 0.211. The third-order valence-corrected chi connectivity index (χ3v) is 6.99. The van der Waals surface area contributed by atoms with Crippen LogP contribution in [-0.4, -0.2) is 57.5 Å². The molecular formula is C27H30Cl2N6O. The van der Waals surface area contributed by atoms with E-state index in [1.54, 1.807) is 0 Å². The maximum absolute atomic E-state index is 6.76. The van der Waals surface area contributed by atoms with Gasteiger partial charge in [-0.15, -0.1) is 11.6 Å². The van der Waals surface area contributed by atoms with Gasteiger partial charge < -0.3 is 10.1 Å². The summed E-state index contributed by atoms with van der Waals surface area (Å²) in [6, 6.07) is 17.9. The van der Waals surface area contributed by atoms with E-state index in [1.807, 2.05) is 65.5 Å². The summed E-state index contributed by atoms with van der Waals surface area (Å²) in [6.45, 7) is 5.71. The molecule has 0 saturated carbocycles. The van der Waals surface area contributed by atoms with Crippen molar-refractivity contribution in [3.8, 4) is 0 Å². The molecule has 36 heavy (non-hydrogen) atoms. The predicted octanol–water partition coefficient (Wildman–Crippen LogP) is 5.34. The molecule has 1 atom stereocenters. The minimum atomic E-state index is -0.211. The Morgan fingerprint density at radius 3 is 2.67 bits per heavy atom. The summed E-state index contributed by atoms with van der Waals surface area (Å²) in [5.41, 5.74) is 2.93. The number of nitrogens with one attached hydrogen (secondary N) is 1. The van der Waals surface area contributed by atoms with Crippen LogP contribution in [0.3, 0.4) is 0 Å². The largest absolute Gasteiger partial charge is 0.379 e. The van der Waals surface area contributed by atoms with E-state index in [-0.39, 0.29) is 5.38 Å². The summed E-state index contributed by atoms with van der Waals surface area (Å²) in [5, 5.41) is 9.50. The topological polar surface area (TPSA) is 68.1 Å². The highest BCUT2D eigenvalue weighted by atomic mass is 35.5. The molecule has 0 spiro atoms. The number of halogens is 2. The van der Waals surface area contributed by atoms with Crippen LogP contribution in [0.5, 0.6) is 0 Å². The Morgan fingerprint density at radius 1 is 1.03 bits per heavy atom. The van der Waals surface area contributed by atoms with Gasteiger partial charge in [0.2, 0.25) is 0 Å². The van der Waals surface area contributed by atoms with Gasteiger partial charge in [-0.3, -0.25) is 4.90 Å². The number of hydrogen-bond acceptors (Lipinski definition) is 6. The van der Waals surface area contributed by atoms with E-state index < -0.39 is 0 Å². The quantitative estimate of drug-likeness (QED) is 0.282. The first kappa shape index (κ1) is 25.0. The first-order chi connectivity index (χ1) is 17.7. The molecule has 0 aliphatic carbocycles. The Balaban J connectivity index is 1.37. The van der Waals surface area contributed by atoms with Gasteiger partial charge in [-0.2, -0.15) is 5.10 Å². The van der Waals surface area contributed by atoms with Crippen molar-refractivity contribution in [1.29, 1.82) is 0 Å². The summed E-state index contributed by atoms with van der Waals surface area (Å²) < 4.78 is 7.35. The fraction of sp³-hybridized carbons (Fsp3) is 0.370. The molecule has 0 amide bonds. The van der Waals surface area contributed by atoms with Crippen molar-refractivity contribution in [2.24, 2.45) is 0 Å². The van der Waals surface area contributed by atoms with E-state index in [4.69, 9.17) is 37.9 Å². The summed E-state index contributed by atoms with van der Waals surface area (Å²) in [6.07, 6.45) is 3.59. The predicted molar refractivity (Wildman–Crippen MR) is 145 cm³/mol. The Bertz CT molecular complexity index is 1280. The van der Waals surface area contributed by atoms with E-state index in [0.29, 0.717) is 18.1 Å². The molecule has 1 aliphatic rings. The maximum atomic E-state index is 6.76. The number of aromatic nitrogens is 4. The van der Waals surface area contributed by atoms with E-state index in [0.717, 1.165) is 79.5 Å². The average molecular weight is 525 g/mol. The van der Waals surface area contributed by atoms with Crippen molar-refractivity contribution >= 4 is 40.1 Å². The fourth-order valence-corrected chi connectivity index (χ4v) is 4.91. The van der Waals surface area contributed by atoms with Gasteiger partial charge in [-0.05, 0) is 36.2 Å². The lowest BCUT2D eigenvalue weighted by Crippen LogP contribution is -2.37. The molecule has 1 unspecified atom stereocenters. The Kier molecular flexibility index (Phi) is 8.33. The van der Waals surface area contributed by atoms with Gasteiger partial charge in [-0.25, -0.2) is 14.6 Å². The molecule has 0 bridgehead atoms. The van der Waals surface area contributed by atoms with Crippen LogP contribution in [0.1, 0.15) is 28.7 Å². The van der Waals surface area contributed by atoms with Gasteiger partial charge in [0, 0.05) is 31.1 Å². The molecule has 5 rings (SSSR count). The number of rotatable bonds is 10. The number of fused-ring (bicyclic) bond motifs is 1. The van der Waals surface area contributed by atoms with Crippen molar-refractivity contribution in [3.05, 3.63) is 82.8 Å². The third-order valence-electron chi connectivity index (χ3n) is 6.36. The van der Waals surface area contributed by atoms with Crippen LogP contribution in [0, 0.1) is 0 Å². The molecule has 9 heteroatoms. The fourth-order valence-electron chi connectivity index (χ4n) is 4.42. The first-order valence-corrected chi connectivity index (χ1v) is 13.2. The van der Waals surface area contributed by atoms with Crippen LogP contribution >= 0.6 is 23.2 Å². The van der Waals surface area contributed by atoms with Gasteiger partial charge in [0.15, 0.2) is 5.65 Å². The number of hydrogen-bond donors (Lipinski definition) is 1. The van der Waals surface area contributed by atoms with E-state index in [1.165, 1.54) is 0 Å². The molecule has 2 aromatic heterocycles. The molecule has 188 valence electrons. The second-order valence-electron chi connectivity index (χ2n) is 8.97. The lowest BCUT2D eigenvalue weighted by atomic mass is 10.1. The molecule has 1 saturated heterocycles. The molecule has 1 N–H and O–H groups in total. The minimum Gasteiger partial charge on any atom is -0.379 e. The molecule has 1 aliphatic heterocycles. The van der Waals surface area contributed by atoms with Crippen molar-refractivity contribution in [3.63, 3.8) is 0 Å². The Labute approximate surface area is 221 Å². The van der Waals surface area contributed by atoms with Gasteiger partial charge in [0.25, 0.3) is 0 Å². The maximum Gasteiger partial charge on any atom is 0.163 e. The zero-order valence-corrected chi connectivity index (χ0v) is 21.6. The van der Waals surface area contributed by atoms with Crippen molar-refractivity contribution in [1.82, 2.24) is 24.6 Å². The lowest BCUT2D eigenvalue weighted by Gasteiger charge is -2.26. The van der Waals surface area contributed by atoms with Crippen LogP contribution in [-0.2, 0) is 24.2 Å². The van der Waals surface area contributed by atoms with Gasteiger partial charge in [-0.1, -0.05) is 54.1 Å². The number of nitrogens with zero attached hydrogens (tertiary/aromatic N) is 5. The van der Waals surface area contributed by atoms with E-state index in [2.05, 4.69) is 15.3 Å². The third kappa shape index (κ3) is 6.34. The van der Waals surface area contributed by atoms with Crippen LogP contribution in [0.4, 0.5) is 5.82 Å². The molecule has 2 aromatic carbocycles. The molecular weight excluding hydrogens is 495 g/mol. The second-order valence-corrected chi connectivity index (χ2v) is 9.93. The lowest BCUT2D eigenvalue weighted by molar-refractivity contribution is 0.0374. The summed E-state index contributed by atoms with van der Waals surface area (Å²) >= 11 is 12.9. The summed E-state index contributed by atoms with van der Waals surface area (Å²) in [4.78, 5) is 12.2. The van der Waals surface area contributed by atoms with Gasteiger partial charge in [0.05, 0.1) is 36.7 Å². The zero-order valence-electron chi connectivity index (χ0n) is 20.1. The zero-order chi connectivity index (χ0) is 24.7. The number of morpholine rings is 1. The molecule has 0 radical (unpaired) electrons. The number of alkyl halides is 1. The van der Waals surface area contributed by atoms with Crippen LogP contribution < -0.4 is 5.32 Å². The number of benzene rings is 2. The second kappa shape index (κ2) is 12.0. The highest BCUT2D eigenvalue weighted by molar-refractivity contribution is 6.30. The Hall–Kier alpha value is -2.71. The number of ether oxygens (including phenoxy) is 1. The van der Waals surface area contributed by atoms with Crippen molar-refractivity contribution in [2.75, 3.05) is 38.2 Å². The molecule has 7 nitrogen and oxygen atoms in total. The first-order valence-electron chi connectivity index (χ1n) is 12.4. The summed E-state index contributed by atoms with van der Waals surface area (Å²) in [5.74, 6) is 1.58. The number of anilines is 1. The van der Waals surface area contributed by atoms with Crippen LogP contribution in [0.15, 0.2) is 60.8 Å². The monoisotopic (exact) mass is 524 g/mol. The van der Waals surface area contributed by atoms with E-state index in [9.17, 15) is 0 Å². The smallest absolute Gasteiger partial charge is 0.163 e. The molecule has 1 fully saturated rings. The van der Waals surface area contributed by atoms with E-state index >= 15 is 0 Å². The van der Waals surface area contributed by atoms with Gasteiger partial charge in [0.1, 0.15) is 11.6 Å². The standard InChI is InChI=1S/C27H30Cl2N6O/c28-22-9-4-6-20(16-22)17-30-26-23-18-31-35(19-24(29)21-7-2-1-3-8-21)27(23)33-25(32-26)10-5-11-34-12-14-36-15-13-34/h1-4,6-9,16,18,24H,5,10-15,17,19H2,(H,30,32,33). The van der Waals surface area contributed by atoms with Crippen LogP contribution in [0.25, 0.3) is 11.0 Å². The number of aryl methyl sites for hydroxylation is 1. The highest BCUT2D eigenvalue weighted by Gasteiger charge is 2.17. The molecule has 3 heterocycles. The Morgan fingerprint density at radius 2 is 1.86 bits per heavy atom. The van der Waals surface area contributed by atoms with Crippen LogP contribution in [0.2, 0.25) is 5.02 Å². The SMILES string of the molecule is Clc1cccc(CNc2nc(CCCN3CCOCC3)nc3c2cnn3CC(Cl)c2ccccc2)c1. The normalized spacial score (nSPS) is 15.3. The van der Waals surface area contributed by atoms with Crippen molar-refractivity contribution < 1.29 is 4.74 Å². The molecule has 4 aromatic rings. The summed E-state index contributed by atoms with van der Waals surface area (Å²) in [7, 11) is 0.